The molecule has 184 valence electrons. The molecule has 3 aliphatic rings. The average molecular weight is 479 g/mol. The summed E-state index contributed by atoms with van der Waals surface area (Å²) in [6.07, 6.45) is 4.61. The molecule has 7 nitrogen and oxygen atoms in total. The highest BCUT2D eigenvalue weighted by Crippen LogP contribution is 2.33. The van der Waals surface area contributed by atoms with Crippen LogP contribution >= 0.6 is 0 Å². The minimum atomic E-state index is -0.322. The maximum atomic E-state index is 13.3. The Morgan fingerprint density at radius 1 is 0.886 bits per heavy atom. The van der Waals surface area contributed by atoms with Crippen LogP contribution in [0.4, 0.5) is 15.8 Å². The Morgan fingerprint density at radius 2 is 1.63 bits per heavy atom. The maximum Gasteiger partial charge on any atom is 0.253 e. The minimum Gasteiger partial charge on any atom is -0.369 e. The summed E-state index contributed by atoms with van der Waals surface area (Å²) in [6, 6.07) is 11.5. The molecule has 0 aromatic heterocycles. The molecule has 3 fully saturated rings. The monoisotopic (exact) mass is 478 g/mol. The molecule has 0 atom stereocenters. The topological polar surface area (TPSA) is 81.8 Å². The van der Waals surface area contributed by atoms with Gasteiger partial charge in [-0.2, -0.15) is 0 Å². The minimum absolute atomic E-state index is 0.0144. The first-order valence-corrected chi connectivity index (χ1v) is 12.5. The van der Waals surface area contributed by atoms with E-state index in [1.54, 1.807) is 18.2 Å². The van der Waals surface area contributed by atoms with Gasteiger partial charge in [-0.05, 0) is 68.0 Å². The number of nitrogens with zero attached hydrogens (tertiary/aromatic N) is 2. The lowest BCUT2D eigenvalue weighted by Gasteiger charge is -2.26. The van der Waals surface area contributed by atoms with Crippen molar-refractivity contribution in [3.05, 3.63) is 59.4 Å². The Bertz CT molecular complexity index is 1110. The molecule has 35 heavy (non-hydrogen) atoms. The third-order valence-corrected chi connectivity index (χ3v) is 6.90. The van der Waals surface area contributed by atoms with Gasteiger partial charge in [0.05, 0.1) is 5.56 Å². The van der Waals surface area contributed by atoms with Crippen molar-refractivity contribution in [2.24, 2.45) is 11.8 Å². The van der Waals surface area contributed by atoms with E-state index in [0.29, 0.717) is 24.3 Å². The zero-order chi connectivity index (χ0) is 24.4. The van der Waals surface area contributed by atoms with Crippen LogP contribution in [0, 0.1) is 17.7 Å². The Morgan fingerprint density at radius 3 is 2.34 bits per heavy atom. The number of benzene rings is 2. The smallest absolute Gasteiger partial charge is 0.253 e. The first kappa shape index (κ1) is 23.3. The number of anilines is 2. The van der Waals surface area contributed by atoms with Crippen LogP contribution in [0.15, 0.2) is 42.5 Å². The van der Waals surface area contributed by atoms with E-state index >= 15 is 0 Å². The molecule has 0 unspecified atom stereocenters. The number of hydrogen-bond acceptors (Lipinski definition) is 4. The van der Waals surface area contributed by atoms with Crippen LogP contribution in [0.2, 0.25) is 0 Å². The Kier molecular flexibility index (Phi) is 6.70. The van der Waals surface area contributed by atoms with Gasteiger partial charge in [-0.1, -0.05) is 12.1 Å². The number of halogens is 1. The van der Waals surface area contributed by atoms with E-state index in [1.807, 2.05) is 17.0 Å². The molecular weight excluding hydrogens is 447 g/mol. The molecule has 1 saturated heterocycles. The standard InChI is InChI=1S/C27H31FN4O3/c28-21-8-2-18(3-9-21)17-29-26(34)23-16-22(30-25(33)19-4-5-19)10-11-24(23)31-12-1-13-32(15-14-31)27(35)20-6-7-20/h2-3,8-11,16,19-20H,1,4-7,12-15,17H2,(H,29,34)(H,30,33). The molecule has 2 aliphatic carbocycles. The Hall–Kier alpha value is -3.42. The number of nitrogens with one attached hydrogen (secondary N) is 2. The van der Waals surface area contributed by atoms with Crippen LogP contribution in [0.5, 0.6) is 0 Å². The summed E-state index contributed by atoms with van der Waals surface area (Å²) < 4.78 is 13.2. The summed E-state index contributed by atoms with van der Waals surface area (Å²) in [6.45, 7) is 3.01. The molecule has 1 heterocycles. The molecule has 1 aliphatic heterocycles. The van der Waals surface area contributed by atoms with E-state index in [2.05, 4.69) is 15.5 Å². The molecule has 0 radical (unpaired) electrons. The predicted octanol–water partition coefficient (Wildman–Crippen LogP) is 3.55. The van der Waals surface area contributed by atoms with Gasteiger partial charge >= 0.3 is 0 Å². The number of carbonyl (C=O) groups is 3. The average Bonchev–Trinajstić information content (AvgIpc) is 3.74. The normalized spacial score (nSPS) is 18.1. The summed E-state index contributed by atoms with van der Waals surface area (Å²) in [4.78, 5) is 42.3. The van der Waals surface area contributed by atoms with E-state index in [-0.39, 0.29) is 41.9 Å². The Labute approximate surface area is 204 Å². The van der Waals surface area contributed by atoms with Gasteiger partial charge in [0.25, 0.3) is 5.91 Å². The number of hydrogen-bond donors (Lipinski definition) is 2. The van der Waals surface area contributed by atoms with Crippen molar-refractivity contribution in [1.82, 2.24) is 10.2 Å². The lowest BCUT2D eigenvalue weighted by atomic mass is 10.1. The molecule has 2 aromatic carbocycles. The van der Waals surface area contributed by atoms with Crippen LogP contribution in [0.1, 0.15) is 48.0 Å². The van der Waals surface area contributed by atoms with E-state index in [9.17, 15) is 18.8 Å². The highest BCUT2D eigenvalue weighted by Gasteiger charge is 2.34. The van der Waals surface area contributed by atoms with Crippen molar-refractivity contribution >= 4 is 29.1 Å². The second-order valence-corrected chi connectivity index (χ2v) is 9.74. The van der Waals surface area contributed by atoms with Crippen molar-refractivity contribution in [2.45, 2.75) is 38.6 Å². The van der Waals surface area contributed by atoms with Gasteiger partial charge in [0.15, 0.2) is 0 Å². The van der Waals surface area contributed by atoms with Gasteiger partial charge in [-0.3, -0.25) is 14.4 Å². The highest BCUT2D eigenvalue weighted by atomic mass is 19.1. The molecule has 0 bridgehead atoms. The molecule has 2 aromatic rings. The first-order valence-electron chi connectivity index (χ1n) is 12.5. The fourth-order valence-corrected chi connectivity index (χ4v) is 4.51. The van der Waals surface area contributed by atoms with E-state index in [4.69, 9.17) is 0 Å². The van der Waals surface area contributed by atoms with Gasteiger partial charge in [-0.25, -0.2) is 4.39 Å². The quantitative estimate of drug-likeness (QED) is 0.638. The van der Waals surface area contributed by atoms with Crippen molar-refractivity contribution in [3.8, 4) is 0 Å². The molecule has 5 rings (SSSR count). The van der Waals surface area contributed by atoms with Crippen LogP contribution in [-0.2, 0) is 16.1 Å². The van der Waals surface area contributed by atoms with E-state index < -0.39 is 0 Å². The van der Waals surface area contributed by atoms with Crippen molar-refractivity contribution in [2.75, 3.05) is 36.4 Å². The van der Waals surface area contributed by atoms with E-state index in [1.165, 1.54) is 12.1 Å². The molecule has 2 N–H and O–H groups in total. The van der Waals surface area contributed by atoms with Crippen LogP contribution in [0.3, 0.4) is 0 Å². The van der Waals surface area contributed by atoms with Gasteiger partial charge in [0.1, 0.15) is 5.82 Å². The van der Waals surface area contributed by atoms with Crippen molar-refractivity contribution in [3.63, 3.8) is 0 Å². The van der Waals surface area contributed by atoms with Crippen LogP contribution in [-0.4, -0.2) is 48.8 Å². The summed E-state index contributed by atoms with van der Waals surface area (Å²) in [5.74, 6) is -0.0877. The molecule has 8 heteroatoms. The molecule has 0 spiro atoms. The Balaban J connectivity index is 1.34. The lowest BCUT2D eigenvalue weighted by Crippen LogP contribution is -2.36. The number of amides is 3. The predicted molar refractivity (Wildman–Crippen MR) is 131 cm³/mol. The largest absolute Gasteiger partial charge is 0.369 e. The van der Waals surface area contributed by atoms with Crippen LogP contribution in [0.25, 0.3) is 0 Å². The summed E-state index contributed by atoms with van der Waals surface area (Å²) in [7, 11) is 0. The second kappa shape index (κ2) is 10.1. The number of rotatable bonds is 7. The zero-order valence-corrected chi connectivity index (χ0v) is 19.8. The summed E-state index contributed by atoms with van der Waals surface area (Å²) in [5.41, 5.74) is 2.65. The lowest BCUT2D eigenvalue weighted by molar-refractivity contribution is -0.132. The summed E-state index contributed by atoms with van der Waals surface area (Å²) in [5, 5.41) is 5.86. The maximum absolute atomic E-state index is 13.3. The molecule has 2 saturated carbocycles. The molecule has 3 amide bonds. The van der Waals surface area contributed by atoms with Crippen molar-refractivity contribution in [1.29, 1.82) is 0 Å². The molecular formula is C27H31FN4O3. The first-order chi connectivity index (χ1) is 17.0. The third-order valence-electron chi connectivity index (χ3n) is 6.90. The van der Waals surface area contributed by atoms with Gasteiger partial charge < -0.3 is 20.4 Å². The summed E-state index contributed by atoms with van der Waals surface area (Å²) >= 11 is 0. The highest BCUT2D eigenvalue weighted by molar-refractivity contribution is 6.02. The van der Waals surface area contributed by atoms with Crippen LogP contribution < -0.4 is 15.5 Å². The van der Waals surface area contributed by atoms with E-state index in [0.717, 1.165) is 56.4 Å². The van der Waals surface area contributed by atoms with Gasteiger partial charge in [-0.15, -0.1) is 0 Å². The second-order valence-electron chi connectivity index (χ2n) is 9.74. The fourth-order valence-electron chi connectivity index (χ4n) is 4.51. The van der Waals surface area contributed by atoms with Gasteiger partial charge in [0.2, 0.25) is 11.8 Å². The van der Waals surface area contributed by atoms with Crippen molar-refractivity contribution < 1.29 is 18.8 Å². The zero-order valence-electron chi connectivity index (χ0n) is 19.8. The van der Waals surface area contributed by atoms with Gasteiger partial charge in [0, 0.05) is 55.9 Å². The fraction of sp³-hybridized carbons (Fsp3) is 0.444. The number of carbonyl (C=O) groups excluding carboxylic acids is 3. The SMILES string of the molecule is O=C(NCc1ccc(F)cc1)c1cc(NC(=O)C2CC2)ccc1N1CCCN(C(=O)C2CC2)CC1. The third kappa shape index (κ3) is 5.81.